The Balaban J connectivity index is 1.49. The number of carbonyl (C=O) groups excluding carboxylic acids is 1. The summed E-state index contributed by atoms with van der Waals surface area (Å²) >= 11 is 1.10. The maximum Gasteiger partial charge on any atom is 0.277 e. The minimum atomic E-state index is -0.365. The fourth-order valence-electron chi connectivity index (χ4n) is 2.26. The van der Waals surface area contributed by atoms with Gasteiger partial charge in [-0.1, -0.05) is 30.0 Å². The summed E-state index contributed by atoms with van der Waals surface area (Å²) in [5.41, 5.74) is 1.93. The van der Waals surface area contributed by atoms with Crippen LogP contribution < -0.4 is 10.1 Å². The van der Waals surface area contributed by atoms with Crippen molar-refractivity contribution in [3.63, 3.8) is 0 Å². The summed E-state index contributed by atoms with van der Waals surface area (Å²) in [5, 5.41) is 10.7. The Morgan fingerprint density at radius 2 is 2.04 bits per heavy atom. The van der Waals surface area contributed by atoms with Crippen LogP contribution in [-0.4, -0.2) is 21.9 Å². The van der Waals surface area contributed by atoms with Gasteiger partial charge in [-0.25, -0.2) is 4.39 Å². The number of carbonyl (C=O) groups is 1. The van der Waals surface area contributed by atoms with Crippen molar-refractivity contribution in [3.05, 3.63) is 65.3 Å². The number of anilines is 1. The molecule has 8 heteroatoms. The summed E-state index contributed by atoms with van der Waals surface area (Å²) in [6.07, 6.45) is 0. The van der Waals surface area contributed by atoms with Crippen LogP contribution in [0.25, 0.3) is 0 Å². The van der Waals surface area contributed by atoms with Gasteiger partial charge < -0.3 is 14.5 Å². The van der Waals surface area contributed by atoms with Gasteiger partial charge in [-0.2, -0.15) is 0 Å². The van der Waals surface area contributed by atoms with Crippen molar-refractivity contribution in [2.24, 2.45) is 0 Å². The Bertz CT molecular complexity index is 945. The summed E-state index contributed by atoms with van der Waals surface area (Å²) in [7, 11) is 0. The number of aryl methyl sites for hydroxylation is 1. The molecule has 0 aliphatic heterocycles. The van der Waals surface area contributed by atoms with Gasteiger partial charge in [0.25, 0.3) is 11.1 Å². The number of halogens is 1. The van der Waals surface area contributed by atoms with Gasteiger partial charge in [0.15, 0.2) is 6.61 Å². The van der Waals surface area contributed by atoms with Gasteiger partial charge in [-0.15, -0.1) is 10.2 Å². The van der Waals surface area contributed by atoms with E-state index in [2.05, 4.69) is 15.5 Å². The molecule has 140 valence electrons. The van der Waals surface area contributed by atoms with Gasteiger partial charge in [0, 0.05) is 11.3 Å². The molecule has 1 amide bonds. The van der Waals surface area contributed by atoms with E-state index < -0.39 is 0 Å². The molecule has 3 rings (SSSR count). The number of ether oxygens (including phenoxy) is 1. The lowest BCUT2D eigenvalue weighted by atomic mass is 10.2. The maximum absolute atomic E-state index is 13.5. The van der Waals surface area contributed by atoms with Gasteiger partial charge in [-0.05, 0) is 43.7 Å². The minimum absolute atomic E-state index is 0.0658. The van der Waals surface area contributed by atoms with Crippen molar-refractivity contribution in [1.29, 1.82) is 0 Å². The van der Waals surface area contributed by atoms with Crippen molar-refractivity contribution in [1.82, 2.24) is 10.2 Å². The lowest BCUT2D eigenvalue weighted by Gasteiger charge is -2.07. The van der Waals surface area contributed by atoms with Crippen LogP contribution in [0.15, 0.2) is 52.1 Å². The zero-order chi connectivity index (χ0) is 19.2. The van der Waals surface area contributed by atoms with E-state index in [0.717, 1.165) is 17.3 Å². The number of thioether (sulfide) groups is 1. The highest BCUT2D eigenvalue weighted by atomic mass is 32.2. The molecular formula is C19H18FN3O3S. The fourth-order valence-corrected chi connectivity index (χ4v) is 2.84. The molecule has 6 nitrogen and oxygen atoms in total. The normalized spacial score (nSPS) is 10.6. The van der Waals surface area contributed by atoms with Gasteiger partial charge in [0.2, 0.25) is 5.91 Å². The van der Waals surface area contributed by atoms with Crippen LogP contribution in [0.4, 0.5) is 10.1 Å². The fraction of sp³-hybridized carbons (Fsp3) is 0.211. The predicted molar refractivity (Wildman–Crippen MR) is 100 cm³/mol. The molecule has 0 unspecified atom stereocenters. The summed E-state index contributed by atoms with van der Waals surface area (Å²) in [4.78, 5) is 12.0. The molecule has 0 bridgehead atoms. The van der Waals surface area contributed by atoms with Crippen molar-refractivity contribution in [2.75, 3.05) is 11.1 Å². The van der Waals surface area contributed by atoms with Crippen LogP contribution in [0, 0.1) is 19.7 Å². The van der Waals surface area contributed by atoms with Crippen LogP contribution in [0.5, 0.6) is 5.75 Å². The Kier molecular flexibility index (Phi) is 6.08. The van der Waals surface area contributed by atoms with Crippen LogP contribution >= 0.6 is 11.8 Å². The maximum atomic E-state index is 13.5. The van der Waals surface area contributed by atoms with E-state index in [1.165, 1.54) is 6.07 Å². The lowest BCUT2D eigenvalue weighted by Crippen LogP contribution is -2.15. The Hall–Kier alpha value is -2.87. The number of nitrogens with zero attached hydrogens (tertiary/aromatic N) is 2. The van der Waals surface area contributed by atoms with E-state index in [1.54, 1.807) is 19.1 Å². The van der Waals surface area contributed by atoms with Crippen molar-refractivity contribution >= 4 is 23.4 Å². The zero-order valence-corrected chi connectivity index (χ0v) is 15.7. The average Bonchev–Trinajstić information content (AvgIpc) is 3.10. The van der Waals surface area contributed by atoms with Gasteiger partial charge in [0.1, 0.15) is 11.6 Å². The first-order chi connectivity index (χ1) is 13.0. The number of nitrogens with one attached hydrogen (secondary N) is 1. The number of hydrogen-bond acceptors (Lipinski definition) is 6. The first-order valence-electron chi connectivity index (χ1n) is 8.21. The molecule has 0 saturated carbocycles. The van der Waals surface area contributed by atoms with E-state index in [1.807, 2.05) is 31.2 Å². The van der Waals surface area contributed by atoms with Gasteiger partial charge >= 0.3 is 0 Å². The third-order valence-electron chi connectivity index (χ3n) is 3.67. The van der Waals surface area contributed by atoms with Crippen LogP contribution in [-0.2, 0) is 11.4 Å². The summed E-state index contributed by atoms with van der Waals surface area (Å²) < 4.78 is 24.5. The molecule has 1 N–H and O–H groups in total. The third kappa shape index (κ3) is 5.30. The summed E-state index contributed by atoms with van der Waals surface area (Å²) in [6, 6.07) is 12.2. The number of amides is 1. The van der Waals surface area contributed by atoms with Crippen LogP contribution in [0.3, 0.4) is 0 Å². The number of hydrogen-bond donors (Lipinski definition) is 1. The van der Waals surface area contributed by atoms with E-state index in [9.17, 15) is 9.18 Å². The molecule has 0 aliphatic carbocycles. The topological polar surface area (TPSA) is 77.2 Å². The first kappa shape index (κ1) is 18.9. The van der Waals surface area contributed by atoms with Crippen molar-refractivity contribution in [2.45, 2.75) is 25.7 Å². The smallest absolute Gasteiger partial charge is 0.277 e. The second-order valence-corrected chi connectivity index (χ2v) is 6.74. The highest BCUT2D eigenvalue weighted by Crippen LogP contribution is 2.20. The molecule has 27 heavy (non-hydrogen) atoms. The Morgan fingerprint density at radius 1 is 1.22 bits per heavy atom. The largest absolute Gasteiger partial charge is 0.484 e. The summed E-state index contributed by atoms with van der Waals surface area (Å²) in [6.45, 7) is 3.73. The molecule has 3 aromatic rings. The molecule has 0 spiro atoms. The first-order valence-corrected chi connectivity index (χ1v) is 9.19. The van der Waals surface area contributed by atoms with Gasteiger partial charge in [0.05, 0.1) is 5.75 Å². The standard InChI is InChI=1S/C19H18FN3O3S/c1-12-5-3-6-14(9-12)25-10-18-22-23-19(26-18)27-11-17(24)21-16-8-4-7-15(20)13(16)2/h3-9H,10-11H2,1-2H3,(H,21,24). The third-order valence-corrected chi connectivity index (χ3v) is 4.49. The van der Waals surface area contributed by atoms with Gasteiger partial charge in [-0.3, -0.25) is 4.79 Å². The second-order valence-electron chi connectivity index (χ2n) is 5.82. The molecule has 0 saturated heterocycles. The predicted octanol–water partition coefficient (Wildman–Crippen LogP) is 4.14. The highest BCUT2D eigenvalue weighted by Gasteiger charge is 2.12. The number of rotatable bonds is 7. The quantitative estimate of drug-likeness (QED) is 0.614. The molecule has 0 radical (unpaired) electrons. The Labute approximate surface area is 160 Å². The number of aromatic nitrogens is 2. The zero-order valence-electron chi connectivity index (χ0n) is 14.9. The van der Waals surface area contributed by atoms with Crippen molar-refractivity contribution in [3.8, 4) is 5.75 Å². The average molecular weight is 387 g/mol. The summed E-state index contributed by atoms with van der Waals surface area (Å²) in [5.74, 6) is 0.448. The lowest BCUT2D eigenvalue weighted by molar-refractivity contribution is -0.113. The molecule has 0 atom stereocenters. The Morgan fingerprint density at radius 3 is 2.85 bits per heavy atom. The van der Waals surface area contributed by atoms with E-state index in [4.69, 9.17) is 9.15 Å². The molecular weight excluding hydrogens is 369 g/mol. The van der Waals surface area contributed by atoms with Crippen molar-refractivity contribution < 1.29 is 18.3 Å². The SMILES string of the molecule is Cc1cccc(OCc2nnc(SCC(=O)Nc3cccc(F)c3C)o2)c1. The minimum Gasteiger partial charge on any atom is -0.484 e. The van der Waals surface area contributed by atoms with E-state index >= 15 is 0 Å². The molecule has 1 heterocycles. The van der Waals surface area contributed by atoms with Crippen LogP contribution in [0.2, 0.25) is 0 Å². The number of benzene rings is 2. The monoisotopic (exact) mass is 387 g/mol. The molecule has 1 aromatic heterocycles. The second kappa shape index (κ2) is 8.68. The molecule has 2 aromatic carbocycles. The van der Waals surface area contributed by atoms with E-state index in [-0.39, 0.29) is 29.3 Å². The van der Waals surface area contributed by atoms with Crippen LogP contribution in [0.1, 0.15) is 17.0 Å². The molecule has 0 fully saturated rings. The highest BCUT2D eigenvalue weighted by molar-refractivity contribution is 7.99. The molecule has 0 aliphatic rings. The van der Waals surface area contributed by atoms with E-state index in [0.29, 0.717) is 22.9 Å².